The van der Waals surface area contributed by atoms with E-state index in [1.54, 1.807) is 0 Å². The van der Waals surface area contributed by atoms with E-state index in [2.05, 4.69) is 30.7 Å². The second kappa shape index (κ2) is 6.37. The number of rotatable bonds is 6. The summed E-state index contributed by atoms with van der Waals surface area (Å²) in [4.78, 5) is 4.76. The average Bonchev–Trinajstić information content (AvgIpc) is 2.70. The average molecular weight is 249 g/mol. The molecule has 1 aliphatic rings. The smallest absolute Gasteiger partial charge is 0.106 e. The minimum Gasteiger partial charge on any atom is -0.329 e. The van der Waals surface area contributed by atoms with E-state index in [1.165, 1.54) is 49.3 Å². The van der Waals surface area contributed by atoms with Crippen LogP contribution in [0.3, 0.4) is 0 Å². The second-order valence-electron chi connectivity index (χ2n) is 5.43. The SMILES string of the molecule is CCCCC(CCC)n1c(C)nc2c1CCNC2. The number of hydrogen-bond acceptors (Lipinski definition) is 2. The van der Waals surface area contributed by atoms with E-state index in [9.17, 15) is 0 Å². The molecular weight excluding hydrogens is 222 g/mol. The number of imidazole rings is 1. The standard InChI is InChI=1S/C15H27N3/c1-4-6-8-13(7-5-2)18-12(3)17-14-11-16-10-9-15(14)18/h13,16H,4-11H2,1-3H3. The zero-order chi connectivity index (χ0) is 13.0. The van der Waals surface area contributed by atoms with Crippen LogP contribution in [-0.2, 0) is 13.0 Å². The largest absolute Gasteiger partial charge is 0.329 e. The summed E-state index contributed by atoms with van der Waals surface area (Å²) in [5, 5.41) is 3.42. The summed E-state index contributed by atoms with van der Waals surface area (Å²) in [6.07, 6.45) is 7.62. The van der Waals surface area contributed by atoms with Gasteiger partial charge in [-0.25, -0.2) is 4.98 Å². The van der Waals surface area contributed by atoms with Crippen molar-refractivity contribution in [1.82, 2.24) is 14.9 Å². The zero-order valence-corrected chi connectivity index (χ0v) is 12.1. The lowest BCUT2D eigenvalue weighted by Gasteiger charge is -2.24. The third kappa shape index (κ3) is 2.77. The second-order valence-corrected chi connectivity index (χ2v) is 5.43. The van der Waals surface area contributed by atoms with E-state index in [1.807, 2.05) is 0 Å². The summed E-state index contributed by atoms with van der Waals surface area (Å²) in [6.45, 7) is 8.80. The van der Waals surface area contributed by atoms with Gasteiger partial charge in [0.2, 0.25) is 0 Å². The molecule has 2 heterocycles. The Bertz CT molecular complexity index is 381. The highest BCUT2D eigenvalue weighted by Crippen LogP contribution is 2.27. The molecule has 0 bridgehead atoms. The fourth-order valence-corrected chi connectivity index (χ4v) is 3.13. The Balaban J connectivity index is 2.25. The fourth-order valence-electron chi connectivity index (χ4n) is 3.13. The molecule has 18 heavy (non-hydrogen) atoms. The molecule has 1 atom stereocenters. The number of hydrogen-bond donors (Lipinski definition) is 1. The molecule has 3 heteroatoms. The fraction of sp³-hybridized carbons (Fsp3) is 0.800. The molecule has 0 fully saturated rings. The van der Waals surface area contributed by atoms with Crippen LogP contribution < -0.4 is 5.32 Å². The molecule has 1 aliphatic heterocycles. The first kappa shape index (κ1) is 13.6. The number of aryl methyl sites for hydroxylation is 1. The molecule has 1 aromatic rings. The number of aromatic nitrogens is 2. The van der Waals surface area contributed by atoms with Crippen LogP contribution in [0.1, 0.15) is 69.2 Å². The summed E-state index contributed by atoms with van der Waals surface area (Å²) in [6, 6.07) is 0.671. The van der Waals surface area contributed by atoms with Crippen molar-refractivity contribution < 1.29 is 0 Å². The summed E-state index contributed by atoms with van der Waals surface area (Å²) in [7, 11) is 0. The lowest BCUT2D eigenvalue weighted by atomic mass is 10.0. The van der Waals surface area contributed by atoms with Gasteiger partial charge in [-0.2, -0.15) is 0 Å². The number of fused-ring (bicyclic) bond motifs is 1. The summed E-state index contributed by atoms with van der Waals surface area (Å²) in [5.41, 5.74) is 2.79. The molecule has 0 saturated carbocycles. The first-order valence-corrected chi connectivity index (χ1v) is 7.55. The van der Waals surface area contributed by atoms with Crippen molar-refractivity contribution in [3.05, 3.63) is 17.2 Å². The van der Waals surface area contributed by atoms with E-state index in [4.69, 9.17) is 4.98 Å². The minimum absolute atomic E-state index is 0.671. The van der Waals surface area contributed by atoms with Gasteiger partial charge in [-0.05, 0) is 19.8 Å². The van der Waals surface area contributed by atoms with Gasteiger partial charge in [-0.3, -0.25) is 0 Å². The van der Waals surface area contributed by atoms with Crippen LogP contribution in [0.2, 0.25) is 0 Å². The van der Waals surface area contributed by atoms with Crippen molar-refractivity contribution in [2.75, 3.05) is 6.54 Å². The zero-order valence-electron chi connectivity index (χ0n) is 12.1. The van der Waals surface area contributed by atoms with E-state index in [0.29, 0.717) is 6.04 Å². The third-order valence-corrected chi connectivity index (χ3v) is 3.98. The van der Waals surface area contributed by atoms with E-state index >= 15 is 0 Å². The molecular formula is C15H27N3. The maximum absolute atomic E-state index is 4.76. The van der Waals surface area contributed by atoms with Crippen LogP contribution in [0, 0.1) is 6.92 Å². The highest BCUT2D eigenvalue weighted by molar-refractivity contribution is 5.20. The van der Waals surface area contributed by atoms with Crippen molar-refractivity contribution in [2.45, 2.75) is 71.9 Å². The summed E-state index contributed by atoms with van der Waals surface area (Å²) in [5.74, 6) is 1.22. The van der Waals surface area contributed by atoms with Gasteiger partial charge in [0.15, 0.2) is 0 Å². The first-order chi connectivity index (χ1) is 8.77. The highest BCUT2D eigenvalue weighted by atomic mass is 15.1. The van der Waals surface area contributed by atoms with Gasteiger partial charge >= 0.3 is 0 Å². The van der Waals surface area contributed by atoms with E-state index in [0.717, 1.165) is 19.5 Å². The van der Waals surface area contributed by atoms with Crippen LogP contribution in [0.15, 0.2) is 0 Å². The van der Waals surface area contributed by atoms with Gasteiger partial charge in [-0.1, -0.05) is 33.1 Å². The van der Waals surface area contributed by atoms with Crippen molar-refractivity contribution in [3.63, 3.8) is 0 Å². The van der Waals surface area contributed by atoms with Crippen molar-refractivity contribution in [2.24, 2.45) is 0 Å². The number of nitrogens with one attached hydrogen (secondary N) is 1. The number of nitrogens with zero attached hydrogens (tertiary/aromatic N) is 2. The van der Waals surface area contributed by atoms with Crippen LogP contribution in [0.25, 0.3) is 0 Å². The first-order valence-electron chi connectivity index (χ1n) is 7.55. The van der Waals surface area contributed by atoms with Gasteiger partial charge in [0.05, 0.1) is 5.69 Å². The molecule has 0 spiro atoms. The number of unbranched alkanes of at least 4 members (excludes halogenated alkanes) is 1. The van der Waals surface area contributed by atoms with Crippen molar-refractivity contribution >= 4 is 0 Å². The predicted molar refractivity (Wildman–Crippen MR) is 75.8 cm³/mol. The van der Waals surface area contributed by atoms with Crippen LogP contribution >= 0.6 is 0 Å². The maximum Gasteiger partial charge on any atom is 0.106 e. The third-order valence-electron chi connectivity index (χ3n) is 3.98. The lowest BCUT2D eigenvalue weighted by Crippen LogP contribution is -2.26. The quantitative estimate of drug-likeness (QED) is 0.837. The Hall–Kier alpha value is -0.830. The van der Waals surface area contributed by atoms with Gasteiger partial charge in [0.25, 0.3) is 0 Å². The van der Waals surface area contributed by atoms with Gasteiger partial charge in [0.1, 0.15) is 5.82 Å². The predicted octanol–water partition coefficient (Wildman–Crippen LogP) is 3.37. The van der Waals surface area contributed by atoms with Crippen LogP contribution in [0.5, 0.6) is 0 Å². The molecule has 0 aromatic carbocycles. The molecule has 102 valence electrons. The topological polar surface area (TPSA) is 29.9 Å². The van der Waals surface area contributed by atoms with Gasteiger partial charge < -0.3 is 9.88 Å². The molecule has 1 aromatic heterocycles. The summed E-state index contributed by atoms with van der Waals surface area (Å²) >= 11 is 0. The molecule has 0 aliphatic carbocycles. The molecule has 3 nitrogen and oxygen atoms in total. The Morgan fingerprint density at radius 3 is 2.83 bits per heavy atom. The Morgan fingerprint density at radius 1 is 1.28 bits per heavy atom. The van der Waals surface area contributed by atoms with Crippen LogP contribution in [0.4, 0.5) is 0 Å². The van der Waals surface area contributed by atoms with Crippen molar-refractivity contribution in [1.29, 1.82) is 0 Å². The monoisotopic (exact) mass is 249 g/mol. The van der Waals surface area contributed by atoms with E-state index < -0.39 is 0 Å². The van der Waals surface area contributed by atoms with Gasteiger partial charge in [-0.15, -0.1) is 0 Å². The Morgan fingerprint density at radius 2 is 2.11 bits per heavy atom. The normalized spacial score (nSPS) is 16.6. The molecule has 0 saturated heterocycles. The molecule has 1 N–H and O–H groups in total. The highest BCUT2D eigenvalue weighted by Gasteiger charge is 2.22. The maximum atomic E-state index is 4.76. The van der Waals surface area contributed by atoms with Crippen molar-refractivity contribution in [3.8, 4) is 0 Å². The Labute approximate surface area is 111 Å². The molecule has 0 radical (unpaired) electrons. The molecule has 0 amide bonds. The van der Waals surface area contributed by atoms with E-state index in [-0.39, 0.29) is 0 Å². The van der Waals surface area contributed by atoms with Crippen LogP contribution in [-0.4, -0.2) is 16.1 Å². The summed E-state index contributed by atoms with van der Waals surface area (Å²) < 4.78 is 2.55. The molecule has 2 rings (SSSR count). The Kier molecular flexibility index (Phi) is 4.81. The minimum atomic E-state index is 0.671. The lowest BCUT2D eigenvalue weighted by molar-refractivity contribution is 0.396. The van der Waals surface area contributed by atoms with Gasteiger partial charge in [0, 0.05) is 31.2 Å². The molecule has 1 unspecified atom stereocenters.